The minimum Gasteiger partial charge on any atom is -0.363 e. The third kappa shape index (κ3) is 2.07. The molecular weight excluding hydrogens is 264 g/mol. The zero-order chi connectivity index (χ0) is 10.8. The van der Waals surface area contributed by atoms with Gasteiger partial charge in [-0.3, -0.25) is 9.48 Å². The van der Waals surface area contributed by atoms with Gasteiger partial charge in [-0.1, -0.05) is 5.16 Å². The Balaban J connectivity index is 2.18. The van der Waals surface area contributed by atoms with Gasteiger partial charge in [-0.25, -0.2) is 0 Å². The molecule has 2 aromatic rings. The van der Waals surface area contributed by atoms with E-state index in [1.165, 1.54) is 6.26 Å². The van der Waals surface area contributed by atoms with E-state index >= 15 is 0 Å². The lowest BCUT2D eigenvalue weighted by molar-refractivity contribution is 0.102. The van der Waals surface area contributed by atoms with Gasteiger partial charge in [0.15, 0.2) is 11.5 Å². The van der Waals surface area contributed by atoms with Gasteiger partial charge in [-0.15, -0.1) is 0 Å². The molecule has 6 nitrogen and oxygen atoms in total. The van der Waals surface area contributed by atoms with Crippen LogP contribution in [0.3, 0.4) is 0 Å². The first-order valence-electron chi connectivity index (χ1n) is 4.07. The summed E-state index contributed by atoms with van der Waals surface area (Å²) in [4.78, 5) is 11.6. The molecule has 0 aliphatic rings. The van der Waals surface area contributed by atoms with Crippen LogP contribution in [-0.4, -0.2) is 20.8 Å². The highest BCUT2D eigenvalue weighted by Crippen LogP contribution is 2.15. The van der Waals surface area contributed by atoms with Crippen LogP contribution >= 0.6 is 15.9 Å². The maximum absolute atomic E-state index is 11.6. The number of carbonyl (C=O) groups excluding carboxylic acids is 1. The van der Waals surface area contributed by atoms with E-state index < -0.39 is 0 Å². The number of amides is 1. The number of hydrogen-bond acceptors (Lipinski definition) is 4. The Labute approximate surface area is 93.4 Å². The molecule has 78 valence electrons. The number of carbonyl (C=O) groups is 1. The third-order valence-corrected chi connectivity index (χ3v) is 2.26. The van der Waals surface area contributed by atoms with Crippen LogP contribution in [0.25, 0.3) is 0 Å². The molecule has 0 aromatic carbocycles. The molecule has 0 unspecified atom stereocenters. The molecule has 1 N–H and O–H groups in total. The summed E-state index contributed by atoms with van der Waals surface area (Å²) in [6.07, 6.45) is 3.07. The van der Waals surface area contributed by atoms with E-state index in [4.69, 9.17) is 0 Å². The van der Waals surface area contributed by atoms with E-state index in [2.05, 4.69) is 36.0 Å². The lowest BCUT2D eigenvalue weighted by atomic mass is 10.4. The first-order valence-corrected chi connectivity index (χ1v) is 4.87. The second-order valence-electron chi connectivity index (χ2n) is 2.84. The van der Waals surface area contributed by atoms with Gasteiger partial charge >= 0.3 is 0 Å². The van der Waals surface area contributed by atoms with Crippen LogP contribution in [0.4, 0.5) is 5.82 Å². The SMILES string of the molecule is Cn1cc(Br)c(C(=O)Nc2ccon2)n1. The van der Waals surface area contributed by atoms with Crippen molar-refractivity contribution in [3.05, 3.63) is 28.7 Å². The molecule has 1 amide bonds. The average molecular weight is 271 g/mol. The highest BCUT2D eigenvalue weighted by Gasteiger charge is 2.15. The van der Waals surface area contributed by atoms with E-state index in [9.17, 15) is 4.79 Å². The summed E-state index contributed by atoms with van der Waals surface area (Å²) in [7, 11) is 1.73. The number of nitrogens with zero attached hydrogens (tertiary/aromatic N) is 3. The third-order valence-electron chi connectivity index (χ3n) is 1.68. The van der Waals surface area contributed by atoms with Gasteiger partial charge in [0, 0.05) is 19.3 Å². The normalized spacial score (nSPS) is 10.3. The summed E-state index contributed by atoms with van der Waals surface area (Å²) >= 11 is 3.23. The molecule has 2 rings (SSSR count). The van der Waals surface area contributed by atoms with Crippen LogP contribution in [-0.2, 0) is 7.05 Å². The molecule has 0 spiro atoms. The molecule has 2 heterocycles. The summed E-state index contributed by atoms with van der Waals surface area (Å²) in [5, 5.41) is 10.1. The van der Waals surface area contributed by atoms with E-state index in [1.807, 2.05) is 0 Å². The van der Waals surface area contributed by atoms with Crippen LogP contribution in [0.2, 0.25) is 0 Å². The summed E-state index contributed by atoms with van der Waals surface area (Å²) in [6, 6.07) is 1.55. The highest BCUT2D eigenvalue weighted by molar-refractivity contribution is 9.10. The lowest BCUT2D eigenvalue weighted by Gasteiger charge is -1.97. The van der Waals surface area contributed by atoms with Crippen molar-refractivity contribution in [1.82, 2.24) is 14.9 Å². The minimum absolute atomic E-state index is 0.306. The van der Waals surface area contributed by atoms with Crippen LogP contribution < -0.4 is 5.32 Å². The Morgan fingerprint density at radius 2 is 2.47 bits per heavy atom. The summed E-state index contributed by atoms with van der Waals surface area (Å²) in [5.74, 6) is 0.0222. The van der Waals surface area contributed by atoms with Crippen molar-refractivity contribution in [2.45, 2.75) is 0 Å². The van der Waals surface area contributed by atoms with E-state index in [-0.39, 0.29) is 5.91 Å². The highest BCUT2D eigenvalue weighted by atomic mass is 79.9. The van der Waals surface area contributed by atoms with Gasteiger partial charge in [-0.05, 0) is 15.9 Å². The Hall–Kier alpha value is -1.63. The predicted molar refractivity (Wildman–Crippen MR) is 55.4 cm³/mol. The lowest BCUT2D eigenvalue weighted by Crippen LogP contribution is -2.13. The van der Waals surface area contributed by atoms with Crippen molar-refractivity contribution < 1.29 is 9.32 Å². The van der Waals surface area contributed by atoms with Crippen molar-refractivity contribution in [2.75, 3.05) is 5.32 Å². The second-order valence-corrected chi connectivity index (χ2v) is 3.69. The Morgan fingerprint density at radius 1 is 1.67 bits per heavy atom. The van der Waals surface area contributed by atoms with Crippen LogP contribution in [0, 0.1) is 0 Å². The largest absolute Gasteiger partial charge is 0.363 e. The molecular formula is C8H7BrN4O2. The maximum atomic E-state index is 11.6. The van der Waals surface area contributed by atoms with Gasteiger partial charge in [0.2, 0.25) is 0 Å². The smallest absolute Gasteiger partial charge is 0.278 e. The van der Waals surface area contributed by atoms with Crippen molar-refractivity contribution >= 4 is 27.7 Å². The Bertz CT molecular complexity index is 477. The fourth-order valence-electron chi connectivity index (χ4n) is 1.07. The molecule has 0 saturated heterocycles. The average Bonchev–Trinajstić information content (AvgIpc) is 2.75. The van der Waals surface area contributed by atoms with Crippen molar-refractivity contribution in [3.63, 3.8) is 0 Å². The fourth-order valence-corrected chi connectivity index (χ4v) is 1.62. The van der Waals surface area contributed by atoms with Crippen molar-refractivity contribution in [1.29, 1.82) is 0 Å². The monoisotopic (exact) mass is 270 g/mol. The van der Waals surface area contributed by atoms with Gasteiger partial charge in [0.05, 0.1) is 4.47 Å². The molecule has 0 radical (unpaired) electrons. The summed E-state index contributed by atoms with van der Waals surface area (Å²) < 4.78 is 6.76. The van der Waals surface area contributed by atoms with Crippen LogP contribution in [0.15, 0.2) is 27.5 Å². The zero-order valence-corrected chi connectivity index (χ0v) is 9.35. The maximum Gasteiger partial charge on any atom is 0.278 e. The Kier molecular flexibility index (Phi) is 2.55. The zero-order valence-electron chi connectivity index (χ0n) is 7.77. The first kappa shape index (κ1) is 9.91. The quantitative estimate of drug-likeness (QED) is 0.896. The van der Waals surface area contributed by atoms with Gasteiger partial charge < -0.3 is 9.84 Å². The molecule has 0 aliphatic carbocycles. The molecule has 0 saturated carbocycles. The molecule has 0 aliphatic heterocycles. The summed E-state index contributed by atoms with van der Waals surface area (Å²) in [5.41, 5.74) is 0.306. The molecule has 2 aromatic heterocycles. The molecule has 15 heavy (non-hydrogen) atoms. The van der Waals surface area contributed by atoms with Crippen LogP contribution in [0.5, 0.6) is 0 Å². The standard InChI is InChI=1S/C8H7BrN4O2/c1-13-4-5(9)7(11-13)8(14)10-6-2-3-15-12-6/h2-4H,1H3,(H,10,12,14). The fraction of sp³-hybridized carbons (Fsp3) is 0.125. The van der Waals surface area contributed by atoms with Gasteiger partial charge in [-0.2, -0.15) is 5.10 Å². The number of halogens is 1. The Morgan fingerprint density at radius 3 is 3.00 bits per heavy atom. The summed E-state index contributed by atoms with van der Waals surface area (Å²) in [6.45, 7) is 0. The van der Waals surface area contributed by atoms with Crippen molar-refractivity contribution in [2.24, 2.45) is 7.05 Å². The first-order chi connectivity index (χ1) is 7.16. The number of anilines is 1. The van der Waals surface area contributed by atoms with Crippen LogP contribution in [0.1, 0.15) is 10.5 Å². The number of rotatable bonds is 2. The predicted octanol–water partition coefficient (Wildman–Crippen LogP) is 1.42. The van der Waals surface area contributed by atoms with Gasteiger partial charge in [0.1, 0.15) is 6.26 Å². The van der Waals surface area contributed by atoms with E-state index in [0.29, 0.717) is 16.0 Å². The number of hydrogen-bond donors (Lipinski definition) is 1. The van der Waals surface area contributed by atoms with Crippen molar-refractivity contribution in [3.8, 4) is 0 Å². The number of nitrogens with one attached hydrogen (secondary N) is 1. The molecule has 0 fully saturated rings. The molecule has 0 atom stereocenters. The number of aromatic nitrogens is 3. The topological polar surface area (TPSA) is 73.0 Å². The second kappa shape index (κ2) is 3.85. The molecule has 7 heteroatoms. The van der Waals surface area contributed by atoms with E-state index in [1.54, 1.807) is 24.0 Å². The van der Waals surface area contributed by atoms with Gasteiger partial charge in [0.25, 0.3) is 5.91 Å². The number of aryl methyl sites for hydroxylation is 1. The van der Waals surface area contributed by atoms with E-state index in [0.717, 1.165) is 0 Å². The molecule has 0 bridgehead atoms. The minimum atomic E-state index is -0.337.